The third-order valence-corrected chi connectivity index (χ3v) is 4.43. The van der Waals surface area contributed by atoms with Crippen molar-refractivity contribution in [1.82, 2.24) is 10.2 Å². The van der Waals surface area contributed by atoms with E-state index in [0.717, 1.165) is 5.56 Å². The van der Waals surface area contributed by atoms with Gasteiger partial charge in [0.25, 0.3) is 0 Å². The summed E-state index contributed by atoms with van der Waals surface area (Å²) in [5.41, 5.74) is 0.836. The quantitative estimate of drug-likeness (QED) is 0.726. The van der Waals surface area contributed by atoms with Crippen molar-refractivity contribution in [1.29, 1.82) is 0 Å². The first kappa shape index (κ1) is 20.1. The van der Waals surface area contributed by atoms with Crippen LogP contribution in [0.15, 0.2) is 24.3 Å². The molecule has 0 aliphatic heterocycles. The maximum atomic E-state index is 13.0. The van der Waals surface area contributed by atoms with E-state index in [1.54, 1.807) is 17.0 Å². The molecule has 0 aliphatic carbocycles. The molecule has 24 heavy (non-hydrogen) atoms. The number of nitrogens with one attached hydrogen (secondary N) is 1. The summed E-state index contributed by atoms with van der Waals surface area (Å²) in [5.74, 6) is -1.52. The smallest absolute Gasteiger partial charge is 0.320 e. The standard InChI is InChI=1S/C18H27FN2O3/c1-5-12(3)17(18(23)24)20-11-16(22)21(6-2)13(4)14-7-9-15(19)10-8-14/h7-10,12-13,17,20H,5-6,11H2,1-4H3,(H,23,24)/t12-,13?,17-/m0/s1. The van der Waals surface area contributed by atoms with Gasteiger partial charge in [-0.05, 0) is 37.5 Å². The first-order valence-corrected chi connectivity index (χ1v) is 8.32. The number of amides is 1. The first-order chi connectivity index (χ1) is 11.3. The lowest BCUT2D eigenvalue weighted by molar-refractivity contribution is -0.141. The zero-order valence-electron chi connectivity index (χ0n) is 14.8. The van der Waals surface area contributed by atoms with Crippen molar-refractivity contribution in [3.05, 3.63) is 35.6 Å². The molecule has 0 radical (unpaired) electrons. The van der Waals surface area contributed by atoms with Crippen LogP contribution in [-0.2, 0) is 9.59 Å². The molecule has 0 aliphatic rings. The zero-order valence-corrected chi connectivity index (χ0v) is 14.8. The summed E-state index contributed by atoms with van der Waals surface area (Å²) in [4.78, 5) is 25.5. The van der Waals surface area contributed by atoms with Gasteiger partial charge in [0.15, 0.2) is 0 Å². The Hall–Kier alpha value is -1.95. The molecule has 1 aromatic carbocycles. The Morgan fingerprint density at radius 2 is 1.79 bits per heavy atom. The number of halogens is 1. The van der Waals surface area contributed by atoms with Gasteiger partial charge in [-0.25, -0.2) is 4.39 Å². The predicted molar refractivity (Wildman–Crippen MR) is 91.1 cm³/mol. The fourth-order valence-electron chi connectivity index (χ4n) is 2.65. The highest BCUT2D eigenvalue weighted by atomic mass is 19.1. The summed E-state index contributed by atoms with van der Waals surface area (Å²) in [5, 5.41) is 12.1. The van der Waals surface area contributed by atoms with Crippen LogP contribution in [-0.4, -0.2) is 41.0 Å². The van der Waals surface area contributed by atoms with E-state index in [9.17, 15) is 19.1 Å². The highest BCUT2D eigenvalue weighted by Gasteiger charge is 2.26. The molecule has 0 heterocycles. The van der Waals surface area contributed by atoms with Crippen molar-refractivity contribution < 1.29 is 19.1 Å². The SMILES string of the molecule is CC[C@H](C)[C@H](NCC(=O)N(CC)C(C)c1ccc(F)cc1)C(=O)O. The number of carbonyl (C=O) groups excluding carboxylic acids is 1. The molecule has 0 saturated carbocycles. The van der Waals surface area contributed by atoms with Crippen molar-refractivity contribution in [2.75, 3.05) is 13.1 Å². The van der Waals surface area contributed by atoms with Crippen LogP contribution in [0, 0.1) is 11.7 Å². The van der Waals surface area contributed by atoms with Gasteiger partial charge in [-0.1, -0.05) is 32.4 Å². The van der Waals surface area contributed by atoms with Gasteiger partial charge in [-0.15, -0.1) is 0 Å². The molecule has 2 N–H and O–H groups in total. The second-order valence-corrected chi connectivity index (χ2v) is 5.99. The molecule has 1 unspecified atom stereocenters. The lowest BCUT2D eigenvalue weighted by Crippen LogP contribution is -2.47. The van der Waals surface area contributed by atoms with E-state index in [0.29, 0.717) is 13.0 Å². The van der Waals surface area contributed by atoms with E-state index in [1.807, 2.05) is 27.7 Å². The van der Waals surface area contributed by atoms with E-state index in [4.69, 9.17) is 0 Å². The van der Waals surface area contributed by atoms with E-state index in [-0.39, 0.29) is 30.2 Å². The molecule has 5 nitrogen and oxygen atoms in total. The maximum Gasteiger partial charge on any atom is 0.320 e. The lowest BCUT2D eigenvalue weighted by Gasteiger charge is -2.29. The number of carboxylic acid groups (broad SMARTS) is 1. The highest BCUT2D eigenvalue weighted by molar-refractivity contribution is 5.80. The number of likely N-dealkylation sites (N-methyl/N-ethyl adjacent to an activating group) is 1. The highest BCUT2D eigenvalue weighted by Crippen LogP contribution is 2.20. The maximum absolute atomic E-state index is 13.0. The topological polar surface area (TPSA) is 69.6 Å². The van der Waals surface area contributed by atoms with Gasteiger partial charge in [0.2, 0.25) is 5.91 Å². The molecular weight excluding hydrogens is 311 g/mol. The van der Waals surface area contributed by atoms with Crippen molar-refractivity contribution in [3.63, 3.8) is 0 Å². The largest absolute Gasteiger partial charge is 0.480 e. The number of rotatable bonds is 9. The third kappa shape index (κ3) is 5.30. The Bertz CT molecular complexity index is 548. The molecule has 0 spiro atoms. The molecule has 1 amide bonds. The van der Waals surface area contributed by atoms with Crippen LogP contribution in [0.3, 0.4) is 0 Å². The summed E-state index contributed by atoms with van der Waals surface area (Å²) < 4.78 is 13.0. The number of nitrogens with zero attached hydrogens (tertiary/aromatic N) is 1. The summed E-state index contributed by atoms with van der Waals surface area (Å²) in [6.07, 6.45) is 0.710. The zero-order chi connectivity index (χ0) is 18.3. The van der Waals surface area contributed by atoms with Gasteiger partial charge in [0.05, 0.1) is 12.6 Å². The summed E-state index contributed by atoms with van der Waals surface area (Å²) in [6, 6.07) is 5.08. The van der Waals surface area contributed by atoms with Gasteiger partial charge in [0.1, 0.15) is 11.9 Å². The number of aliphatic carboxylic acids is 1. The molecular formula is C18H27FN2O3. The van der Waals surface area contributed by atoms with Crippen molar-refractivity contribution in [3.8, 4) is 0 Å². The van der Waals surface area contributed by atoms with Gasteiger partial charge in [0, 0.05) is 6.54 Å². The summed E-state index contributed by atoms with van der Waals surface area (Å²) in [7, 11) is 0. The number of carboxylic acids is 1. The molecule has 1 aromatic rings. The van der Waals surface area contributed by atoms with Crippen LogP contribution >= 0.6 is 0 Å². The minimum Gasteiger partial charge on any atom is -0.480 e. The Morgan fingerprint density at radius 3 is 2.25 bits per heavy atom. The number of benzene rings is 1. The molecule has 134 valence electrons. The molecule has 0 aromatic heterocycles. The minimum absolute atomic E-state index is 0.0410. The Balaban J connectivity index is 2.75. The first-order valence-electron chi connectivity index (χ1n) is 8.32. The van der Waals surface area contributed by atoms with Gasteiger partial charge < -0.3 is 10.0 Å². The van der Waals surface area contributed by atoms with Crippen molar-refractivity contribution >= 4 is 11.9 Å². The molecule has 0 fully saturated rings. The van der Waals surface area contributed by atoms with Gasteiger partial charge >= 0.3 is 5.97 Å². The predicted octanol–water partition coefficient (Wildman–Crippen LogP) is 2.82. The molecule has 0 saturated heterocycles. The third-order valence-electron chi connectivity index (χ3n) is 4.43. The Kier molecular flexibility index (Phi) is 7.85. The molecule has 1 rings (SSSR count). The average molecular weight is 338 g/mol. The van der Waals surface area contributed by atoms with E-state index in [1.165, 1.54) is 12.1 Å². The van der Waals surface area contributed by atoms with Crippen LogP contribution in [0.4, 0.5) is 4.39 Å². The molecule has 3 atom stereocenters. The fraction of sp³-hybridized carbons (Fsp3) is 0.556. The fourth-order valence-corrected chi connectivity index (χ4v) is 2.65. The van der Waals surface area contributed by atoms with E-state index in [2.05, 4.69) is 5.32 Å². The summed E-state index contributed by atoms with van der Waals surface area (Å²) >= 11 is 0. The lowest BCUT2D eigenvalue weighted by atomic mass is 9.99. The average Bonchev–Trinajstić information content (AvgIpc) is 2.55. The van der Waals surface area contributed by atoms with Crippen LogP contribution in [0.2, 0.25) is 0 Å². The minimum atomic E-state index is -0.952. The second-order valence-electron chi connectivity index (χ2n) is 5.99. The van der Waals surface area contributed by atoms with E-state index >= 15 is 0 Å². The van der Waals surface area contributed by atoms with Crippen LogP contribution < -0.4 is 5.32 Å². The Labute approximate surface area is 142 Å². The second kappa shape index (κ2) is 9.37. The van der Waals surface area contributed by atoms with Crippen LogP contribution in [0.1, 0.15) is 45.7 Å². The normalized spacial score (nSPS) is 14.7. The number of hydrogen-bond donors (Lipinski definition) is 2. The monoisotopic (exact) mass is 338 g/mol. The molecule has 0 bridgehead atoms. The van der Waals surface area contributed by atoms with Crippen molar-refractivity contribution in [2.24, 2.45) is 5.92 Å². The van der Waals surface area contributed by atoms with Crippen LogP contribution in [0.25, 0.3) is 0 Å². The molecule has 6 heteroatoms. The van der Waals surface area contributed by atoms with Crippen molar-refractivity contribution in [2.45, 2.75) is 46.2 Å². The summed E-state index contributed by atoms with van der Waals surface area (Å²) in [6.45, 7) is 7.94. The number of hydrogen-bond acceptors (Lipinski definition) is 3. The van der Waals surface area contributed by atoms with Gasteiger partial charge in [-0.3, -0.25) is 14.9 Å². The van der Waals surface area contributed by atoms with Gasteiger partial charge in [-0.2, -0.15) is 0 Å². The number of carbonyl (C=O) groups is 2. The van der Waals surface area contributed by atoms with E-state index < -0.39 is 12.0 Å². The van der Waals surface area contributed by atoms with Crippen LogP contribution in [0.5, 0.6) is 0 Å². The Morgan fingerprint density at radius 1 is 1.21 bits per heavy atom.